The van der Waals surface area contributed by atoms with Gasteiger partial charge < -0.3 is 33.7 Å². The van der Waals surface area contributed by atoms with Crippen molar-refractivity contribution >= 4 is 21.8 Å². The molecule has 0 aliphatic rings. The van der Waals surface area contributed by atoms with Crippen LogP contribution in [0.25, 0.3) is 0 Å². The molecule has 218 valence electrons. The van der Waals surface area contributed by atoms with Gasteiger partial charge in [-0.15, -0.1) is 0 Å². The van der Waals surface area contributed by atoms with Crippen molar-refractivity contribution in [2.45, 2.75) is 31.3 Å². The summed E-state index contributed by atoms with van der Waals surface area (Å²) in [6.07, 6.45) is -0.477. The number of nitrogens with one attached hydrogen (secondary N) is 2. The summed E-state index contributed by atoms with van der Waals surface area (Å²) in [6.45, 7) is 9.32. The second kappa shape index (κ2) is 18.8. The molecule has 1 aromatic carbocycles. The molecule has 0 unspecified atom stereocenters. The lowest BCUT2D eigenvalue weighted by Crippen LogP contribution is -2.34. The van der Waals surface area contributed by atoms with Gasteiger partial charge in [-0.2, -0.15) is 0 Å². The van der Waals surface area contributed by atoms with E-state index in [0.717, 1.165) is 12.1 Å². The van der Waals surface area contributed by atoms with Crippen LogP contribution in [0.3, 0.4) is 0 Å². The first-order valence-electron chi connectivity index (χ1n) is 12.1. The minimum atomic E-state index is -3.77. The second-order valence-corrected chi connectivity index (χ2v) is 10.4. The van der Waals surface area contributed by atoms with Crippen LogP contribution in [0, 0.1) is 10.1 Å². The van der Waals surface area contributed by atoms with E-state index in [1.54, 1.807) is 20.8 Å². The van der Waals surface area contributed by atoms with E-state index in [1.807, 2.05) is 0 Å². The molecule has 0 spiro atoms. The Labute approximate surface area is 223 Å². The Morgan fingerprint density at radius 1 is 0.789 bits per heavy atom. The Hall–Kier alpha value is -2.40. The number of hydrogen-bond donors (Lipinski definition) is 2. The second-order valence-electron chi connectivity index (χ2n) is 8.64. The van der Waals surface area contributed by atoms with Crippen molar-refractivity contribution in [1.82, 2.24) is 10.0 Å². The molecule has 14 nitrogen and oxygen atoms in total. The molecule has 0 saturated carbocycles. The van der Waals surface area contributed by atoms with Gasteiger partial charge in [0, 0.05) is 25.2 Å². The van der Waals surface area contributed by atoms with Crippen LogP contribution in [-0.2, 0) is 38.4 Å². The maximum atomic E-state index is 12.1. The minimum absolute atomic E-state index is 0.0520. The zero-order chi connectivity index (χ0) is 28.3. The van der Waals surface area contributed by atoms with Crippen molar-refractivity contribution in [2.24, 2.45) is 0 Å². The molecule has 0 aliphatic carbocycles. The Morgan fingerprint density at radius 2 is 1.21 bits per heavy atom. The predicted octanol–water partition coefficient (Wildman–Crippen LogP) is 1.48. The topological polar surface area (TPSA) is 174 Å². The number of sulfonamides is 1. The average Bonchev–Trinajstić information content (AvgIpc) is 2.84. The Morgan fingerprint density at radius 3 is 1.63 bits per heavy atom. The van der Waals surface area contributed by atoms with Crippen LogP contribution < -0.4 is 10.0 Å². The third kappa shape index (κ3) is 17.2. The van der Waals surface area contributed by atoms with E-state index in [1.165, 1.54) is 12.1 Å². The molecule has 15 heteroatoms. The molecule has 0 aromatic heterocycles. The first kappa shape index (κ1) is 33.6. The van der Waals surface area contributed by atoms with Crippen molar-refractivity contribution in [3.05, 3.63) is 34.4 Å². The Bertz CT molecular complexity index is 906. The number of amides is 1. The Balaban J connectivity index is 1.86. The van der Waals surface area contributed by atoms with E-state index in [-0.39, 0.29) is 30.3 Å². The van der Waals surface area contributed by atoms with Crippen LogP contribution in [0.5, 0.6) is 0 Å². The number of nitro benzene ring substituents is 1. The summed E-state index contributed by atoms with van der Waals surface area (Å²) in [6, 6.07) is 4.61. The number of non-ortho nitro benzene ring substituents is 1. The molecule has 1 rings (SSSR count). The molecule has 0 heterocycles. The summed E-state index contributed by atoms with van der Waals surface area (Å²) in [5.41, 5.74) is -0.715. The summed E-state index contributed by atoms with van der Waals surface area (Å²) in [5.74, 6) is 0. The van der Waals surface area contributed by atoms with Gasteiger partial charge in [-0.1, -0.05) is 0 Å². The Kier molecular flexibility index (Phi) is 16.6. The lowest BCUT2D eigenvalue weighted by molar-refractivity contribution is -0.384. The van der Waals surface area contributed by atoms with Gasteiger partial charge >= 0.3 is 6.09 Å². The molecule has 0 saturated heterocycles. The average molecular weight is 566 g/mol. The van der Waals surface area contributed by atoms with Crippen molar-refractivity contribution in [2.75, 3.05) is 79.2 Å². The maximum absolute atomic E-state index is 12.1. The highest BCUT2D eigenvalue weighted by Crippen LogP contribution is 2.15. The number of nitrogens with zero attached hydrogens (tertiary/aromatic N) is 1. The van der Waals surface area contributed by atoms with Gasteiger partial charge in [0.15, 0.2) is 0 Å². The summed E-state index contributed by atoms with van der Waals surface area (Å²) >= 11 is 0. The molecular formula is C23H39N3O11S. The van der Waals surface area contributed by atoms with E-state index in [9.17, 15) is 23.3 Å². The summed E-state index contributed by atoms with van der Waals surface area (Å²) < 4.78 is 58.5. The number of hydrogen-bond acceptors (Lipinski definition) is 11. The monoisotopic (exact) mass is 565 g/mol. The zero-order valence-electron chi connectivity index (χ0n) is 22.1. The van der Waals surface area contributed by atoms with Gasteiger partial charge in [-0.05, 0) is 32.9 Å². The van der Waals surface area contributed by atoms with E-state index < -0.39 is 26.6 Å². The van der Waals surface area contributed by atoms with Crippen LogP contribution in [0.2, 0.25) is 0 Å². The lowest BCUT2D eigenvalue weighted by atomic mass is 10.2. The first-order chi connectivity index (χ1) is 18.0. The zero-order valence-corrected chi connectivity index (χ0v) is 23.0. The third-order valence-electron chi connectivity index (χ3n) is 4.30. The summed E-state index contributed by atoms with van der Waals surface area (Å²) in [7, 11) is -3.77. The van der Waals surface area contributed by atoms with Gasteiger partial charge in [0.25, 0.3) is 5.69 Å². The fraction of sp³-hybridized carbons (Fsp3) is 0.696. The smallest absolute Gasteiger partial charge is 0.407 e. The summed E-state index contributed by atoms with van der Waals surface area (Å²) in [5, 5.41) is 13.2. The molecule has 1 aromatic rings. The fourth-order valence-corrected chi connectivity index (χ4v) is 3.61. The van der Waals surface area contributed by atoms with Crippen LogP contribution in [0.4, 0.5) is 10.5 Å². The highest BCUT2D eigenvalue weighted by Gasteiger charge is 2.16. The fourth-order valence-electron chi connectivity index (χ4n) is 2.60. The molecule has 0 aliphatic heterocycles. The molecule has 38 heavy (non-hydrogen) atoms. The minimum Gasteiger partial charge on any atom is -0.444 e. The van der Waals surface area contributed by atoms with Crippen LogP contribution in [-0.4, -0.2) is 104 Å². The highest BCUT2D eigenvalue weighted by molar-refractivity contribution is 7.89. The van der Waals surface area contributed by atoms with Crippen molar-refractivity contribution in [3.63, 3.8) is 0 Å². The number of rotatable bonds is 21. The van der Waals surface area contributed by atoms with Gasteiger partial charge in [0.1, 0.15) is 5.60 Å². The number of alkyl carbamates (subject to hydrolysis) is 1. The number of ether oxygens (including phenoxy) is 6. The van der Waals surface area contributed by atoms with E-state index in [2.05, 4.69) is 10.0 Å². The molecule has 0 bridgehead atoms. The van der Waals surface area contributed by atoms with Gasteiger partial charge in [0.2, 0.25) is 10.0 Å². The number of carbonyl (C=O) groups excluding carboxylic acids is 1. The SMILES string of the molecule is CC(C)(C)OC(=O)NCCOCCOCCOCCOCCOCCNS(=O)(=O)c1ccc([N+](=O)[O-])cc1. The van der Waals surface area contributed by atoms with Gasteiger partial charge in [0.05, 0.1) is 75.9 Å². The van der Waals surface area contributed by atoms with Crippen LogP contribution >= 0.6 is 0 Å². The largest absolute Gasteiger partial charge is 0.444 e. The standard InChI is InChI=1S/C23H39N3O11S/c1-23(2,3)37-22(27)24-8-10-32-12-14-34-16-18-36-19-17-35-15-13-33-11-9-25-38(30,31)21-6-4-20(5-7-21)26(28)29/h4-7,25H,8-19H2,1-3H3,(H,24,27). The molecule has 0 radical (unpaired) electrons. The number of carbonyl (C=O) groups is 1. The maximum Gasteiger partial charge on any atom is 0.407 e. The molecular weight excluding hydrogens is 526 g/mol. The lowest BCUT2D eigenvalue weighted by Gasteiger charge is -2.19. The van der Waals surface area contributed by atoms with Crippen molar-refractivity contribution in [1.29, 1.82) is 0 Å². The van der Waals surface area contributed by atoms with E-state index in [4.69, 9.17) is 28.4 Å². The van der Waals surface area contributed by atoms with E-state index >= 15 is 0 Å². The molecule has 1 amide bonds. The molecule has 2 N–H and O–H groups in total. The molecule has 0 fully saturated rings. The van der Waals surface area contributed by atoms with Crippen molar-refractivity contribution in [3.8, 4) is 0 Å². The van der Waals surface area contributed by atoms with Crippen molar-refractivity contribution < 1.29 is 46.6 Å². The van der Waals surface area contributed by atoms with Gasteiger partial charge in [-0.25, -0.2) is 17.9 Å². The third-order valence-corrected chi connectivity index (χ3v) is 5.78. The normalized spacial score (nSPS) is 11.9. The summed E-state index contributed by atoms with van der Waals surface area (Å²) in [4.78, 5) is 21.4. The number of nitro groups is 1. The van der Waals surface area contributed by atoms with Gasteiger partial charge in [-0.3, -0.25) is 10.1 Å². The first-order valence-corrected chi connectivity index (χ1v) is 13.6. The molecule has 0 atom stereocenters. The van der Waals surface area contributed by atoms with E-state index in [0.29, 0.717) is 59.4 Å². The quantitative estimate of drug-likeness (QED) is 0.125. The number of benzene rings is 1. The van der Waals surface area contributed by atoms with Crippen LogP contribution in [0.1, 0.15) is 20.8 Å². The predicted molar refractivity (Wildman–Crippen MR) is 137 cm³/mol. The highest BCUT2D eigenvalue weighted by atomic mass is 32.2. The van der Waals surface area contributed by atoms with Crippen LogP contribution in [0.15, 0.2) is 29.2 Å².